The largest absolute Gasteiger partial charge is 0.332 e. The summed E-state index contributed by atoms with van der Waals surface area (Å²) in [5.74, 6) is 0.602. The zero-order valence-corrected chi connectivity index (χ0v) is 10.7. The van der Waals surface area contributed by atoms with Gasteiger partial charge in [0.25, 0.3) is 10.0 Å². The monoisotopic (exact) mass is 263 g/mol. The number of sulfonamides is 1. The summed E-state index contributed by atoms with van der Waals surface area (Å²) in [7, 11) is -3.47. The minimum absolute atomic E-state index is 0.160. The van der Waals surface area contributed by atoms with Crippen molar-refractivity contribution >= 4 is 10.0 Å². The summed E-state index contributed by atoms with van der Waals surface area (Å²) < 4.78 is 26.2. The Kier molecular flexibility index (Phi) is 2.49. The summed E-state index contributed by atoms with van der Waals surface area (Å²) in [6.07, 6.45) is 1.37. The highest BCUT2D eigenvalue weighted by Crippen LogP contribution is 2.27. The van der Waals surface area contributed by atoms with E-state index in [-0.39, 0.29) is 5.03 Å². The number of aromatic amines is 1. The van der Waals surface area contributed by atoms with Crippen molar-refractivity contribution < 1.29 is 8.42 Å². The molecule has 0 unspecified atom stereocenters. The third-order valence-corrected chi connectivity index (χ3v) is 4.81. The Hall–Kier alpha value is -1.66. The summed E-state index contributed by atoms with van der Waals surface area (Å²) in [6.45, 7) is 2.59. The average molecular weight is 263 g/mol. The molecule has 2 heterocycles. The molecule has 0 aliphatic carbocycles. The Balaban J connectivity index is 1.95. The minimum atomic E-state index is -3.47. The van der Waals surface area contributed by atoms with Gasteiger partial charge in [0.15, 0.2) is 5.03 Å². The number of benzene rings is 1. The maximum absolute atomic E-state index is 12.4. The topological polar surface area (TPSA) is 66.1 Å². The molecule has 0 amide bonds. The van der Waals surface area contributed by atoms with Gasteiger partial charge in [-0.25, -0.2) is 13.4 Å². The molecule has 1 N–H and O–H groups in total. The predicted molar refractivity (Wildman–Crippen MR) is 66.2 cm³/mol. The number of nitrogens with one attached hydrogen (secondary N) is 1. The Morgan fingerprint density at radius 1 is 1.22 bits per heavy atom. The molecule has 6 heteroatoms. The summed E-state index contributed by atoms with van der Waals surface area (Å²) in [5.41, 5.74) is 2.13. The third-order valence-electron chi connectivity index (χ3n) is 3.11. The van der Waals surface area contributed by atoms with Crippen LogP contribution in [0.2, 0.25) is 0 Å². The highest BCUT2D eigenvalue weighted by molar-refractivity contribution is 7.89. The third kappa shape index (κ3) is 1.74. The molecule has 1 aliphatic heterocycles. The second-order valence-corrected chi connectivity index (χ2v) is 6.28. The Labute approximate surface area is 106 Å². The molecule has 18 heavy (non-hydrogen) atoms. The fourth-order valence-corrected chi connectivity index (χ4v) is 3.50. The van der Waals surface area contributed by atoms with Crippen LogP contribution in [0.25, 0.3) is 0 Å². The maximum atomic E-state index is 12.4. The number of aromatic nitrogens is 2. The standard InChI is InChI=1S/C12H13N3O2S/c1-9-13-6-12(14-9)18(16,17)15-7-10-4-2-3-5-11(10)8-15/h2-6H,7-8H2,1H3,(H,13,14). The van der Waals surface area contributed by atoms with E-state index in [2.05, 4.69) is 9.97 Å². The van der Waals surface area contributed by atoms with E-state index in [0.29, 0.717) is 18.9 Å². The molecule has 1 aliphatic rings. The number of rotatable bonds is 2. The van der Waals surface area contributed by atoms with E-state index >= 15 is 0 Å². The van der Waals surface area contributed by atoms with Gasteiger partial charge in [0.1, 0.15) is 5.82 Å². The quantitative estimate of drug-likeness (QED) is 0.891. The summed E-state index contributed by atoms with van der Waals surface area (Å²) >= 11 is 0. The average Bonchev–Trinajstić information content (AvgIpc) is 2.94. The van der Waals surface area contributed by atoms with E-state index in [0.717, 1.165) is 11.1 Å². The second-order valence-electron chi connectivity index (χ2n) is 4.37. The van der Waals surface area contributed by atoms with Crippen LogP contribution in [0.4, 0.5) is 0 Å². The molecule has 0 atom stereocenters. The van der Waals surface area contributed by atoms with E-state index < -0.39 is 10.0 Å². The van der Waals surface area contributed by atoms with Crippen molar-refractivity contribution in [2.24, 2.45) is 0 Å². The molecule has 0 saturated carbocycles. The Morgan fingerprint density at radius 2 is 1.83 bits per heavy atom. The molecule has 3 rings (SSSR count). The number of fused-ring (bicyclic) bond motifs is 1. The van der Waals surface area contributed by atoms with Crippen LogP contribution in [0.3, 0.4) is 0 Å². The Bertz CT molecular complexity index is 666. The second kappa shape index (κ2) is 3.93. The van der Waals surface area contributed by atoms with Crippen molar-refractivity contribution in [1.29, 1.82) is 0 Å². The molecule has 1 aromatic carbocycles. The minimum Gasteiger partial charge on any atom is -0.332 e. The van der Waals surface area contributed by atoms with Gasteiger partial charge in [-0.3, -0.25) is 0 Å². The molecule has 0 fully saturated rings. The lowest BCUT2D eigenvalue weighted by atomic mass is 10.1. The molecular weight excluding hydrogens is 250 g/mol. The normalized spacial score (nSPS) is 15.8. The highest BCUT2D eigenvalue weighted by Gasteiger charge is 2.31. The molecular formula is C12H13N3O2S. The van der Waals surface area contributed by atoms with Crippen LogP contribution in [0.5, 0.6) is 0 Å². The number of H-pyrrole nitrogens is 1. The number of hydrogen-bond acceptors (Lipinski definition) is 3. The van der Waals surface area contributed by atoms with E-state index in [1.807, 2.05) is 24.3 Å². The van der Waals surface area contributed by atoms with Crippen molar-refractivity contribution in [2.45, 2.75) is 25.0 Å². The molecule has 2 aromatic rings. The van der Waals surface area contributed by atoms with E-state index in [1.54, 1.807) is 6.92 Å². The first-order chi connectivity index (χ1) is 8.57. The van der Waals surface area contributed by atoms with Crippen LogP contribution in [0.1, 0.15) is 17.0 Å². The van der Waals surface area contributed by atoms with E-state index in [4.69, 9.17) is 0 Å². The smallest absolute Gasteiger partial charge is 0.260 e. The fourth-order valence-electron chi connectivity index (χ4n) is 2.14. The van der Waals surface area contributed by atoms with Gasteiger partial charge in [0.2, 0.25) is 0 Å². The number of nitrogens with zero attached hydrogens (tertiary/aromatic N) is 2. The van der Waals surface area contributed by atoms with Gasteiger partial charge in [-0.2, -0.15) is 4.31 Å². The van der Waals surface area contributed by atoms with Gasteiger partial charge < -0.3 is 4.98 Å². The zero-order chi connectivity index (χ0) is 12.8. The van der Waals surface area contributed by atoms with Crippen LogP contribution in [-0.4, -0.2) is 22.7 Å². The lowest BCUT2D eigenvalue weighted by molar-refractivity contribution is 0.429. The molecule has 94 valence electrons. The van der Waals surface area contributed by atoms with Gasteiger partial charge in [0.05, 0.1) is 6.20 Å². The van der Waals surface area contributed by atoms with Crippen molar-refractivity contribution in [3.63, 3.8) is 0 Å². The first kappa shape index (κ1) is 11.4. The summed E-state index contributed by atoms with van der Waals surface area (Å²) in [4.78, 5) is 6.72. The predicted octanol–water partition coefficient (Wildman–Crippen LogP) is 1.42. The molecule has 1 aromatic heterocycles. The van der Waals surface area contributed by atoms with Crippen LogP contribution in [-0.2, 0) is 23.1 Å². The van der Waals surface area contributed by atoms with Crippen LogP contribution in [0, 0.1) is 6.92 Å². The number of imidazole rings is 1. The van der Waals surface area contributed by atoms with Crippen molar-refractivity contribution in [2.75, 3.05) is 0 Å². The van der Waals surface area contributed by atoms with E-state index in [1.165, 1.54) is 10.5 Å². The summed E-state index contributed by atoms with van der Waals surface area (Å²) in [6, 6.07) is 7.77. The van der Waals surface area contributed by atoms with E-state index in [9.17, 15) is 8.42 Å². The van der Waals surface area contributed by atoms with Gasteiger partial charge in [0, 0.05) is 13.1 Å². The molecule has 0 saturated heterocycles. The lowest BCUT2D eigenvalue weighted by Gasteiger charge is -2.13. The highest BCUT2D eigenvalue weighted by atomic mass is 32.2. The fraction of sp³-hybridized carbons (Fsp3) is 0.250. The van der Waals surface area contributed by atoms with Crippen LogP contribution >= 0.6 is 0 Å². The molecule has 0 bridgehead atoms. The van der Waals surface area contributed by atoms with Gasteiger partial charge in [-0.1, -0.05) is 24.3 Å². The number of aryl methyl sites for hydroxylation is 1. The van der Waals surface area contributed by atoms with Crippen molar-refractivity contribution in [1.82, 2.24) is 14.3 Å². The van der Waals surface area contributed by atoms with Gasteiger partial charge in [-0.15, -0.1) is 0 Å². The Morgan fingerprint density at radius 3 is 2.33 bits per heavy atom. The van der Waals surface area contributed by atoms with Crippen molar-refractivity contribution in [3.05, 3.63) is 47.4 Å². The van der Waals surface area contributed by atoms with Gasteiger partial charge >= 0.3 is 0 Å². The lowest BCUT2D eigenvalue weighted by Crippen LogP contribution is -2.25. The molecule has 5 nitrogen and oxygen atoms in total. The zero-order valence-electron chi connectivity index (χ0n) is 9.92. The maximum Gasteiger partial charge on any atom is 0.260 e. The summed E-state index contributed by atoms with van der Waals surface area (Å²) in [5, 5.41) is 0.160. The van der Waals surface area contributed by atoms with Crippen LogP contribution < -0.4 is 0 Å². The SMILES string of the molecule is Cc1ncc(S(=O)(=O)N2Cc3ccccc3C2)[nH]1. The molecule has 0 radical (unpaired) electrons. The molecule has 0 spiro atoms. The van der Waals surface area contributed by atoms with Gasteiger partial charge in [-0.05, 0) is 18.1 Å². The van der Waals surface area contributed by atoms with Crippen LogP contribution in [0.15, 0.2) is 35.5 Å². The first-order valence-corrected chi connectivity index (χ1v) is 7.10. The first-order valence-electron chi connectivity index (χ1n) is 5.66. The number of hydrogen-bond donors (Lipinski definition) is 1. The van der Waals surface area contributed by atoms with Crippen molar-refractivity contribution in [3.8, 4) is 0 Å².